The van der Waals surface area contributed by atoms with E-state index in [1.165, 1.54) is 104 Å². The smallest absolute Gasteiger partial charge is 0.0541 e. The Morgan fingerprint density at radius 1 is 0.218 bits per heavy atom. The van der Waals surface area contributed by atoms with Gasteiger partial charge in [0.15, 0.2) is 0 Å². The summed E-state index contributed by atoms with van der Waals surface area (Å²) in [6, 6.07) is 77.9. The van der Waals surface area contributed by atoms with Gasteiger partial charge >= 0.3 is 0 Å². The molecular formula is C54H35N. The van der Waals surface area contributed by atoms with Crippen LogP contribution in [0.4, 0.5) is 0 Å². The quantitative estimate of drug-likeness (QED) is 0.169. The average Bonchev–Trinajstić information content (AvgIpc) is 3.58. The van der Waals surface area contributed by atoms with Crippen LogP contribution in [-0.4, -0.2) is 4.57 Å². The summed E-state index contributed by atoms with van der Waals surface area (Å²) >= 11 is 0. The topological polar surface area (TPSA) is 4.93 Å². The van der Waals surface area contributed by atoms with Gasteiger partial charge in [0, 0.05) is 16.2 Å². The molecule has 0 amide bonds. The van der Waals surface area contributed by atoms with E-state index in [2.05, 4.69) is 217 Å². The molecule has 1 nitrogen and oxygen atoms in total. The SMILES string of the molecule is c1ccc2cc(-c3ccc(-c4ccc5c(c4)c4cc(-c6ccc(-c7ccc8ccccc8c7)cc6)ccc4n5-c4cccc5ccccc45)cc3)ccc2c1. The Hall–Kier alpha value is -7.22. The molecule has 11 aromatic rings. The summed E-state index contributed by atoms with van der Waals surface area (Å²) in [6.07, 6.45) is 0. The standard InChI is InChI=1S/C54H35N/c1-3-11-43-32-45(26-24-36(43)8-1)38-16-20-40(21-17-38)47-28-30-53-50(34-47)51-35-48(29-31-54(51)55(53)52-15-7-13-42-10-5-6-14-49(42)52)41-22-18-39(19-23-41)46-27-25-37-9-2-4-12-44(37)33-46/h1-35H. The predicted octanol–water partition coefficient (Wildman–Crippen LogP) is 14.9. The second-order valence-corrected chi connectivity index (χ2v) is 14.6. The molecule has 0 bridgehead atoms. The molecule has 0 aliphatic rings. The number of rotatable bonds is 5. The molecule has 0 atom stereocenters. The van der Waals surface area contributed by atoms with Crippen molar-refractivity contribution in [3.8, 4) is 50.2 Å². The molecule has 0 aliphatic carbocycles. The van der Waals surface area contributed by atoms with E-state index in [9.17, 15) is 0 Å². The lowest BCUT2D eigenvalue weighted by atomic mass is 9.96. The second kappa shape index (κ2) is 12.7. The molecule has 1 heteroatoms. The number of hydrogen-bond acceptors (Lipinski definition) is 0. The number of fused-ring (bicyclic) bond motifs is 6. The van der Waals surface area contributed by atoms with Crippen molar-refractivity contribution in [2.45, 2.75) is 0 Å². The molecule has 0 unspecified atom stereocenters. The monoisotopic (exact) mass is 697 g/mol. The van der Waals surface area contributed by atoms with Crippen molar-refractivity contribution in [2.75, 3.05) is 0 Å². The first-order valence-corrected chi connectivity index (χ1v) is 19.0. The Kier molecular flexibility index (Phi) is 7.25. The molecule has 256 valence electrons. The maximum absolute atomic E-state index is 2.45. The van der Waals surface area contributed by atoms with E-state index in [4.69, 9.17) is 0 Å². The largest absolute Gasteiger partial charge is 0.309 e. The van der Waals surface area contributed by atoms with Crippen LogP contribution in [0.5, 0.6) is 0 Å². The fourth-order valence-corrected chi connectivity index (χ4v) is 8.49. The van der Waals surface area contributed by atoms with Crippen molar-refractivity contribution >= 4 is 54.1 Å². The zero-order chi connectivity index (χ0) is 36.3. The summed E-state index contributed by atoms with van der Waals surface area (Å²) in [5, 5.41) is 10.0. The second-order valence-electron chi connectivity index (χ2n) is 14.6. The van der Waals surface area contributed by atoms with Crippen molar-refractivity contribution in [3.05, 3.63) is 212 Å². The van der Waals surface area contributed by atoms with Crippen molar-refractivity contribution in [1.29, 1.82) is 0 Å². The molecular weight excluding hydrogens is 663 g/mol. The fourth-order valence-electron chi connectivity index (χ4n) is 8.49. The van der Waals surface area contributed by atoms with Crippen LogP contribution < -0.4 is 0 Å². The zero-order valence-electron chi connectivity index (χ0n) is 30.2. The van der Waals surface area contributed by atoms with Gasteiger partial charge in [0.1, 0.15) is 0 Å². The Bertz CT molecular complexity index is 3050. The van der Waals surface area contributed by atoms with Gasteiger partial charge in [-0.3, -0.25) is 0 Å². The molecule has 1 aromatic heterocycles. The van der Waals surface area contributed by atoms with E-state index >= 15 is 0 Å². The fraction of sp³-hybridized carbons (Fsp3) is 0. The maximum Gasteiger partial charge on any atom is 0.0541 e. The molecule has 0 aliphatic heterocycles. The van der Waals surface area contributed by atoms with E-state index in [1.54, 1.807) is 0 Å². The van der Waals surface area contributed by atoms with E-state index in [0.29, 0.717) is 0 Å². The summed E-state index contributed by atoms with van der Waals surface area (Å²) in [4.78, 5) is 0. The highest BCUT2D eigenvalue weighted by atomic mass is 15.0. The van der Waals surface area contributed by atoms with Gasteiger partial charge < -0.3 is 4.57 Å². The number of aromatic nitrogens is 1. The minimum atomic E-state index is 1.19. The first kappa shape index (κ1) is 31.3. The van der Waals surface area contributed by atoms with Crippen LogP contribution in [0.25, 0.3) is 104 Å². The van der Waals surface area contributed by atoms with Gasteiger partial charge in [-0.1, -0.05) is 170 Å². The molecule has 0 N–H and O–H groups in total. The van der Waals surface area contributed by atoms with Crippen molar-refractivity contribution < 1.29 is 0 Å². The minimum absolute atomic E-state index is 1.19. The maximum atomic E-state index is 2.45. The van der Waals surface area contributed by atoms with Crippen LogP contribution in [0.2, 0.25) is 0 Å². The zero-order valence-corrected chi connectivity index (χ0v) is 30.2. The molecule has 0 fully saturated rings. The normalized spacial score (nSPS) is 11.6. The van der Waals surface area contributed by atoms with Crippen LogP contribution in [0.1, 0.15) is 0 Å². The predicted molar refractivity (Wildman–Crippen MR) is 235 cm³/mol. The third-order valence-electron chi connectivity index (χ3n) is 11.4. The highest BCUT2D eigenvalue weighted by Gasteiger charge is 2.16. The Balaban J connectivity index is 1.03. The van der Waals surface area contributed by atoms with E-state index in [1.807, 2.05) is 0 Å². The molecule has 55 heavy (non-hydrogen) atoms. The van der Waals surface area contributed by atoms with Crippen LogP contribution in [0.3, 0.4) is 0 Å². The first-order valence-electron chi connectivity index (χ1n) is 19.0. The van der Waals surface area contributed by atoms with Gasteiger partial charge in [-0.05, 0) is 114 Å². The van der Waals surface area contributed by atoms with Gasteiger partial charge in [0.2, 0.25) is 0 Å². The highest BCUT2D eigenvalue weighted by Crippen LogP contribution is 2.39. The Morgan fingerprint density at radius 2 is 0.582 bits per heavy atom. The molecule has 0 radical (unpaired) electrons. The lowest BCUT2D eigenvalue weighted by Crippen LogP contribution is -1.95. The van der Waals surface area contributed by atoms with E-state index < -0.39 is 0 Å². The van der Waals surface area contributed by atoms with Gasteiger partial charge in [-0.25, -0.2) is 0 Å². The summed E-state index contributed by atoms with van der Waals surface area (Å²) < 4.78 is 2.45. The molecule has 10 aromatic carbocycles. The van der Waals surface area contributed by atoms with Crippen LogP contribution in [0.15, 0.2) is 212 Å². The number of hydrogen-bond donors (Lipinski definition) is 0. The van der Waals surface area contributed by atoms with Crippen LogP contribution >= 0.6 is 0 Å². The summed E-state index contributed by atoms with van der Waals surface area (Å²) in [5.41, 5.74) is 13.3. The Labute approximate surface area is 320 Å². The average molecular weight is 698 g/mol. The summed E-state index contributed by atoms with van der Waals surface area (Å²) in [6.45, 7) is 0. The van der Waals surface area contributed by atoms with Gasteiger partial charge in [0.05, 0.1) is 16.7 Å². The van der Waals surface area contributed by atoms with E-state index in [-0.39, 0.29) is 0 Å². The lowest BCUT2D eigenvalue weighted by molar-refractivity contribution is 1.20. The minimum Gasteiger partial charge on any atom is -0.309 e. The van der Waals surface area contributed by atoms with Gasteiger partial charge in [0.25, 0.3) is 0 Å². The number of benzene rings is 10. The van der Waals surface area contributed by atoms with Gasteiger partial charge in [-0.2, -0.15) is 0 Å². The molecule has 11 rings (SSSR count). The third-order valence-corrected chi connectivity index (χ3v) is 11.4. The lowest BCUT2D eigenvalue weighted by Gasteiger charge is -2.12. The third kappa shape index (κ3) is 5.40. The molecule has 0 saturated carbocycles. The number of nitrogens with zero attached hydrogens (tertiary/aromatic N) is 1. The molecule has 0 spiro atoms. The van der Waals surface area contributed by atoms with Crippen LogP contribution in [-0.2, 0) is 0 Å². The first-order chi connectivity index (χ1) is 27.2. The van der Waals surface area contributed by atoms with Crippen molar-refractivity contribution in [2.24, 2.45) is 0 Å². The van der Waals surface area contributed by atoms with Crippen molar-refractivity contribution in [3.63, 3.8) is 0 Å². The highest BCUT2D eigenvalue weighted by molar-refractivity contribution is 6.13. The van der Waals surface area contributed by atoms with E-state index in [0.717, 1.165) is 0 Å². The van der Waals surface area contributed by atoms with Crippen LogP contribution in [0, 0.1) is 0 Å². The van der Waals surface area contributed by atoms with Crippen molar-refractivity contribution in [1.82, 2.24) is 4.57 Å². The molecule has 1 heterocycles. The Morgan fingerprint density at radius 3 is 1.07 bits per heavy atom. The molecule has 0 saturated heterocycles. The van der Waals surface area contributed by atoms with Gasteiger partial charge in [-0.15, -0.1) is 0 Å². The summed E-state index contributed by atoms with van der Waals surface area (Å²) in [7, 11) is 0. The summed E-state index contributed by atoms with van der Waals surface area (Å²) in [5.74, 6) is 0.